The maximum Gasteiger partial charge on any atom is 0.284 e. The first-order valence-corrected chi connectivity index (χ1v) is 3.11. The molecule has 1 aromatic heterocycles. The molecule has 2 nitrogen and oxygen atoms in total. The molecule has 0 radical (unpaired) electrons. The van der Waals surface area contributed by atoms with Gasteiger partial charge in [0.15, 0.2) is 5.82 Å². The number of aryl methyl sites for hydroxylation is 1. The summed E-state index contributed by atoms with van der Waals surface area (Å²) in [5, 5.41) is 0. The van der Waals surface area contributed by atoms with Gasteiger partial charge in [-0.1, -0.05) is 6.92 Å². The van der Waals surface area contributed by atoms with E-state index in [9.17, 15) is 9.18 Å². The smallest absolute Gasteiger partial charge is 0.284 e. The lowest BCUT2D eigenvalue weighted by Crippen LogP contribution is -2.11. The van der Waals surface area contributed by atoms with Crippen LogP contribution in [0.25, 0.3) is 0 Å². The van der Waals surface area contributed by atoms with E-state index in [2.05, 4.69) is 4.98 Å². The fourth-order valence-corrected chi connectivity index (χ4v) is 0.703. The number of hydrogen-bond donors (Lipinski definition) is 1. The highest BCUT2D eigenvalue weighted by Gasteiger charge is 1.95. The molecule has 0 aromatic carbocycles. The zero-order valence-corrected chi connectivity index (χ0v) is 5.65. The standard InChI is InChI=1S/C7H8FNO/c1-2-5-3-4-6(8)7(10)9-5/h3-4H,2H2,1H3,(H,9,10). The summed E-state index contributed by atoms with van der Waals surface area (Å²) >= 11 is 0. The maximum atomic E-state index is 12.3. The van der Waals surface area contributed by atoms with Crippen LogP contribution in [-0.2, 0) is 6.42 Å². The van der Waals surface area contributed by atoms with Crippen LogP contribution in [0.3, 0.4) is 0 Å². The quantitative estimate of drug-likeness (QED) is 0.623. The van der Waals surface area contributed by atoms with E-state index in [0.717, 1.165) is 12.1 Å². The van der Waals surface area contributed by atoms with Crippen molar-refractivity contribution < 1.29 is 4.39 Å². The third kappa shape index (κ3) is 1.23. The predicted octanol–water partition coefficient (Wildman–Crippen LogP) is 1.08. The van der Waals surface area contributed by atoms with Crippen molar-refractivity contribution in [3.05, 3.63) is 34.0 Å². The Kier molecular flexibility index (Phi) is 1.85. The molecule has 1 heterocycles. The Labute approximate surface area is 57.7 Å². The molecule has 0 saturated carbocycles. The molecule has 1 rings (SSSR count). The Bertz CT molecular complexity index is 279. The van der Waals surface area contributed by atoms with Gasteiger partial charge in [-0.3, -0.25) is 4.79 Å². The van der Waals surface area contributed by atoms with Crippen LogP contribution in [0.5, 0.6) is 0 Å². The summed E-state index contributed by atoms with van der Waals surface area (Å²) in [7, 11) is 0. The van der Waals surface area contributed by atoms with Crippen molar-refractivity contribution >= 4 is 0 Å². The topological polar surface area (TPSA) is 32.9 Å². The lowest BCUT2D eigenvalue weighted by atomic mass is 10.3. The summed E-state index contributed by atoms with van der Waals surface area (Å²) in [6, 6.07) is 2.74. The molecule has 0 amide bonds. The molecule has 54 valence electrons. The molecule has 10 heavy (non-hydrogen) atoms. The molecule has 1 aromatic rings. The summed E-state index contributed by atoms with van der Waals surface area (Å²) in [5.74, 6) is -0.725. The molecule has 0 saturated heterocycles. The highest BCUT2D eigenvalue weighted by Crippen LogP contribution is 1.92. The minimum absolute atomic E-state index is 0.639. The van der Waals surface area contributed by atoms with Crippen LogP contribution in [0.2, 0.25) is 0 Å². The molecule has 1 N–H and O–H groups in total. The van der Waals surface area contributed by atoms with Crippen molar-refractivity contribution in [3.63, 3.8) is 0 Å². The number of nitrogens with one attached hydrogen (secondary N) is 1. The number of halogens is 1. The van der Waals surface area contributed by atoms with Crippen LogP contribution >= 0.6 is 0 Å². The normalized spacial score (nSPS) is 9.80. The monoisotopic (exact) mass is 141 g/mol. The van der Waals surface area contributed by atoms with Crippen LogP contribution < -0.4 is 5.56 Å². The molecule has 0 aliphatic heterocycles. The Morgan fingerprint density at radius 2 is 2.30 bits per heavy atom. The molecule has 3 heteroatoms. The van der Waals surface area contributed by atoms with E-state index in [1.54, 1.807) is 6.07 Å². The van der Waals surface area contributed by atoms with Crippen molar-refractivity contribution in [2.45, 2.75) is 13.3 Å². The highest BCUT2D eigenvalue weighted by atomic mass is 19.1. The number of hydrogen-bond acceptors (Lipinski definition) is 1. The first-order chi connectivity index (χ1) is 4.74. The van der Waals surface area contributed by atoms with Gasteiger partial charge in [-0.25, -0.2) is 4.39 Å². The lowest BCUT2D eigenvalue weighted by Gasteiger charge is -1.93. The minimum Gasteiger partial charge on any atom is -0.324 e. The van der Waals surface area contributed by atoms with Crippen molar-refractivity contribution in [3.8, 4) is 0 Å². The molecule has 0 aliphatic rings. The maximum absolute atomic E-state index is 12.3. The third-order valence-electron chi connectivity index (χ3n) is 1.30. The summed E-state index contributed by atoms with van der Waals surface area (Å²) in [6.45, 7) is 1.89. The number of rotatable bonds is 1. The fraction of sp³-hybridized carbons (Fsp3) is 0.286. The average molecular weight is 141 g/mol. The second-order valence-electron chi connectivity index (χ2n) is 2.01. The van der Waals surface area contributed by atoms with Crippen LogP contribution in [0, 0.1) is 5.82 Å². The molecule has 0 aliphatic carbocycles. The van der Waals surface area contributed by atoms with Gasteiger partial charge in [-0.15, -0.1) is 0 Å². The van der Waals surface area contributed by atoms with Crippen LogP contribution in [0.1, 0.15) is 12.6 Å². The highest BCUT2D eigenvalue weighted by molar-refractivity contribution is 5.04. The van der Waals surface area contributed by atoms with Crippen molar-refractivity contribution in [1.82, 2.24) is 4.98 Å². The van der Waals surface area contributed by atoms with Gasteiger partial charge >= 0.3 is 0 Å². The zero-order valence-electron chi connectivity index (χ0n) is 5.65. The number of pyridine rings is 1. The summed E-state index contributed by atoms with van der Waals surface area (Å²) in [6.07, 6.45) is 0.718. The Hall–Kier alpha value is -1.12. The molecule has 0 unspecified atom stereocenters. The van der Waals surface area contributed by atoms with Crippen LogP contribution in [0.15, 0.2) is 16.9 Å². The van der Waals surface area contributed by atoms with E-state index in [-0.39, 0.29) is 0 Å². The van der Waals surface area contributed by atoms with Crippen molar-refractivity contribution in [2.75, 3.05) is 0 Å². The first-order valence-electron chi connectivity index (χ1n) is 3.11. The Morgan fingerprint density at radius 1 is 1.60 bits per heavy atom. The van der Waals surface area contributed by atoms with Crippen molar-refractivity contribution in [2.24, 2.45) is 0 Å². The van der Waals surface area contributed by atoms with E-state index < -0.39 is 11.4 Å². The zero-order chi connectivity index (χ0) is 7.56. The summed E-state index contributed by atoms with van der Waals surface area (Å²) in [5.41, 5.74) is 0.116. The number of H-pyrrole nitrogens is 1. The van der Waals surface area contributed by atoms with Gasteiger partial charge in [-0.2, -0.15) is 0 Å². The van der Waals surface area contributed by atoms with Gasteiger partial charge in [0.1, 0.15) is 0 Å². The van der Waals surface area contributed by atoms with Gasteiger partial charge in [0.05, 0.1) is 0 Å². The average Bonchev–Trinajstić information content (AvgIpc) is 1.95. The molecule has 0 fully saturated rings. The van der Waals surface area contributed by atoms with Crippen LogP contribution in [0.4, 0.5) is 4.39 Å². The Balaban J connectivity index is 3.17. The summed E-state index contributed by atoms with van der Waals surface area (Å²) < 4.78 is 12.3. The van der Waals surface area contributed by atoms with E-state index >= 15 is 0 Å². The molecule has 0 bridgehead atoms. The van der Waals surface area contributed by atoms with E-state index in [0.29, 0.717) is 0 Å². The Morgan fingerprint density at radius 3 is 2.80 bits per heavy atom. The molecule has 0 atom stereocenters. The third-order valence-corrected chi connectivity index (χ3v) is 1.30. The molecular weight excluding hydrogens is 133 g/mol. The largest absolute Gasteiger partial charge is 0.324 e. The summed E-state index contributed by atoms with van der Waals surface area (Å²) in [4.78, 5) is 13.0. The van der Waals surface area contributed by atoms with Crippen molar-refractivity contribution in [1.29, 1.82) is 0 Å². The van der Waals surface area contributed by atoms with Gasteiger partial charge in [0.25, 0.3) is 5.56 Å². The lowest BCUT2D eigenvalue weighted by molar-refractivity contribution is 0.606. The number of aromatic amines is 1. The first kappa shape index (κ1) is 6.99. The van der Waals surface area contributed by atoms with Crippen LogP contribution in [-0.4, -0.2) is 4.98 Å². The predicted molar refractivity (Wildman–Crippen MR) is 36.4 cm³/mol. The number of aromatic nitrogens is 1. The minimum atomic E-state index is -0.725. The second kappa shape index (κ2) is 2.64. The molecular formula is C7H8FNO. The molecule has 0 spiro atoms. The van der Waals surface area contributed by atoms with Gasteiger partial charge in [0, 0.05) is 5.69 Å². The van der Waals surface area contributed by atoms with Gasteiger partial charge in [0.2, 0.25) is 0 Å². The second-order valence-corrected chi connectivity index (χ2v) is 2.01. The fourth-order valence-electron chi connectivity index (χ4n) is 0.703. The van der Waals surface area contributed by atoms with E-state index in [1.807, 2.05) is 6.92 Å². The van der Waals surface area contributed by atoms with E-state index in [4.69, 9.17) is 0 Å². The van der Waals surface area contributed by atoms with Gasteiger partial charge in [-0.05, 0) is 18.6 Å². The van der Waals surface area contributed by atoms with Gasteiger partial charge < -0.3 is 4.98 Å². The van der Waals surface area contributed by atoms with E-state index in [1.165, 1.54) is 6.07 Å². The SMILES string of the molecule is CCc1ccc(F)c(=O)[nH]1.